The highest BCUT2D eigenvalue weighted by molar-refractivity contribution is 5.85. The molecule has 5 rings (SSSR count). The molecule has 132 valence electrons. The van der Waals surface area contributed by atoms with E-state index in [0.717, 1.165) is 51.3 Å². The van der Waals surface area contributed by atoms with Crippen LogP contribution in [0.1, 0.15) is 29.2 Å². The number of hydrogen-bond donors (Lipinski definition) is 1. The molecule has 2 aliphatic rings. The molecule has 1 aromatic carbocycles. The zero-order valence-corrected chi connectivity index (χ0v) is 14.9. The number of rotatable bonds is 2. The number of pyridine rings is 1. The number of nitrogens with zero attached hydrogens (tertiary/aromatic N) is 4. The van der Waals surface area contributed by atoms with Crippen LogP contribution in [0.2, 0.25) is 0 Å². The summed E-state index contributed by atoms with van der Waals surface area (Å²) < 4.78 is 0. The van der Waals surface area contributed by atoms with Gasteiger partial charge in [-0.15, -0.1) is 0 Å². The molecular weight excluding hydrogens is 322 g/mol. The Morgan fingerprint density at radius 3 is 2.85 bits per heavy atom. The van der Waals surface area contributed by atoms with Crippen molar-refractivity contribution < 1.29 is 0 Å². The van der Waals surface area contributed by atoms with Gasteiger partial charge in [-0.2, -0.15) is 0 Å². The van der Waals surface area contributed by atoms with E-state index < -0.39 is 0 Å². The van der Waals surface area contributed by atoms with Crippen molar-refractivity contribution in [2.24, 2.45) is 0 Å². The molecule has 1 atom stereocenters. The van der Waals surface area contributed by atoms with E-state index in [1.54, 1.807) is 6.33 Å². The summed E-state index contributed by atoms with van der Waals surface area (Å²) >= 11 is 0. The van der Waals surface area contributed by atoms with Crippen LogP contribution in [0.15, 0.2) is 43.0 Å². The van der Waals surface area contributed by atoms with Gasteiger partial charge in [0.25, 0.3) is 0 Å². The molecule has 1 N–H and O–H groups in total. The number of aromatic nitrogens is 3. The number of anilines is 1. The molecule has 0 saturated carbocycles. The smallest absolute Gasteiger partial charge is 0.135 e. The monoisotopic (exact) mass is 345 g/mol. The molecule has 1 aliphatic heterocycles. The normalized spacial score (nSPS) is 20.2. The molecule has 1 saturated heterocycles. The fraction of sp³-hybridized carbons (Fsp3) is 0.381. The quantitative estimate of drug-likeness (QED) is 0.774. The molecule has 3 aromatic rings. The Morgan fingerprint density at radius 1 is 1.04 bits per heavy atom. The summed E-state index contributed by atoms with van der Waals surface area (Å²) in [6.45, 7) is 4.12. The topological polar surface area (TPSA) is 53.9 Å². The van der Waals surface area contributed by atoms with E-state index in [2.05, 4.69) is 55.6 Å². The summed E-state index contributed by atoms with van der Waals surface area (Å²) in [5.74, 6) is 1.64. The van der Waals surface area contributed by atoms with E-state index in [4.69, 9.17) is 0 Å². The second-order valence-corrected chi connectivity index (χ2v) is 7.25. The lowest BCUT2D eigenvalue weighted by Crippen LogP contribution is -2.44. The van der Waals surface area contributed by atoms with Gasteiger partial charge < -0.3 is 10.2 Å². The van der Waals surface area contributed by atoms with Crippen LogP contribution in [-0.2, 0) is 12.8 Å². The molecule has 1 unspecified atom stereocenters. The zero-order chi connectivity index (χ0) is 17.3. The van der Waals surface area contributed by atoms with Crippen molar-refractivity contribution in [3.63, 3.8) is 0 Å². The van der Waals surface area contributed by atoms with Crippen LogP contribution in [0.3, 0.4) is 0 Å². The number of hydrogen-bond acceptors (Lipinski definition) is 5. The highest BCUT2D eigenvalue weighted by Gasteiger charge is 2.27. The van der Waals surface area contributed by atoms with E-state index in [0.29, 0.717) is 5.92 Å². The summed E-state index contributed by atoms with van der Waals surface area (Å²) in [6, 6.07) is 8.56. The highest BCUT2D eigenvalue weighted by atomic mass is 15.2. The summed E-state index contributed by atoms with van der Waals surface area (Å²) in [5.41, 5.74) is 3.94. The SMILES string of the molecule is c1ccc2c(C3CCc4c(ncnc4N4CCNCC4)C3)cncc2c1. The number of nitrogens with one attached hydrogen (secondary N) is 1. The lowest BCUT2D eigenvalue weighted by atomic mass is 9.81. The Balaban J connectivity index is 1.49. The van der Waals surface area contributed by atoms with Crippen molar-refractivity contribution in [2.75, 3.05) is 31.1 Å². The fourth-order valence-electron chi connectivity index (χ4n) is 4.40. The first-order valence-corrected chi connectivity index (χ1v) is 9.51. The van der Waals surface area contributed by atoms with Crippen LogP contribution in [0.4, 0.5) is 5.82 Å². The van der Waals surface area contributed by atoms with Crippen molar-refractivity contribution in [2.45, 2.75) is 25.2 Å². The van der Waals surface area contributed by atoms with Gasteiger partial charge in [-0.05, 0) is 36.1 Å². The summed E-state index contributed by atoms with van der Waals surface area (Å²) in [7, 11) is 0. The Labute approximate surface area is 153 Å². The van der Waals surface area contributed by atoms with Crippen molar-refractivity contribution in [1.29, 1.82) is 0 Å². The molecule has 0 radical (unpaired) electrons. The summed E-state index contributed by atoms with van der Waals surface area (Å²) in [5, 5.41) is 5.97. The van der Waals surface area contributed by atoms with Crippen LogP contribution in [0.25, 0.3) is 10.8 Å². The first-order chi connectivity index (χ1) is 12.9. The van der Waals surface area contributed by atoms with Gasteiger partial charge in [0.2, 0.25) is 0 Å². The first kappa shape index (κ1) is 15.7. The third-order valence-electron chi connectivity index (χ3n) is 5.75. The van der Waals surface area contributed by atoms with E-state index in [1.807, 2.05) is 6.20 Å². The first-order valence-electron chi connectivity index (χ1n) is 9.51. The Hall–Kier alpha value is -2.53. The maximum Gasteiger partial charge on any atom is 0.135 e. The summed E-state index contributed by atoms with van der Waals surface area (Å²) in [6.07, 6.45) is 8.92. The van der Waals surface area contributed by atoms with Gasteiger partial charge in [-0.3, -0.25) is 4.98 Å². The van der Waals surface area contributed by atoms with E-state index >= 15 is 0 Å². The van der Waals surface area contributed by atoms with Gasteiger partial charge in [-0.1, -0.05) is 24.3 Å². The number of fused-ring (bicyclic) bond motifs is 2. The minimum absolute atomic E-state index is 0.479. The zero-order valence-electron chi connectivity index (χ0n) is 14.9. The van der Waals surface area contributed by atoms with Crippen LogP contribution >= 0.6 is 0 Å². The second kappa shape index (κ2) is 6.65. The van der Waals surface area contributed by atoms with Crippen LogP contribution in [0, 0.1) is 0 Å². The van der Waals surface area contributed by atoms with Gasteiger partial charge in [0, 0.05) is 55.2 Å². The molecule has 3 heterocycles. The Morgan fingerprint density at radius 2 is 1.92 bits per heavy atom. The molecule has 0 bridgehead atoms. The van der Waals surface area contributed by atoms with Gasteiger partial charge in [0.1, 0.15) is 12.1 Å². The molecule has 1 fully saturated rings. The maximum absolute atomic E-state index is 4.66. The third kappa shape index (κ3) is 2.72. The minimum atomic E-state index is 0.479. The molecule has 1 aliphatic carbocycles. The summed E-state index contributed by atoms with van der Waals surface area (Å²) in [4.78, 5) is 16.2. The van der Waals surface area contributed by atoms with Crippen molar-refractivity contribution in [1.82, 2.24) is 20.3 Å². The predicted molar refractivity (Wildman–Crippen MR) is 104 cm³/mol. The second-order valence-electron chi connectivity index (χ2n) is 7.25. The number of benzene rings is 1. The van der Waals surface area contributed by atoms with Crippen LogP contribution in [0.5, 0.6) is 0 Å². The maximum atomic E-state index is 4.66. The van der Waals surface area contributed by atoms with Crippen molar-refractivity contribution in [3.8, 4) is 0 Å². The minimum Gasteiger partial charge on any atom is -0.354 e. The Kier molecular flexibility index (Phi) is 4.02. The molecule has 0 amide bonds. The number of piperazine rings is 1. The van der Waals surface area contributed by atoms with E-state index in [9.17, 15) is 0 Å². The largest absolute Gasteiger partial charge is 0.354 e. The lowest BCUT2D eigenvalue weighted by Gasteiger charge is -2.33. The molecule has 0 spiro atoms. The van der Waals surface area contributed by atoms with Crippen LogP contribution < -0.4 is 10.2 Å². The Bertz CT molecular complexity index is 927. The molecule has 2 aromatic heterocycles. The standard InChI is InChI=1S/C21H23N5/c1-2-4-17-16(3-1)12-23-13-19(17)15-5-6-18-20(11-15)24-14-25-21(18)26-9-7-22-8-10-26/h1-4,12-15,22H,5-11H2. The van der Waals surface area contributed by atoms with Gasteiger partial charge in [0.05, 0.1) is 0 Å². The van der Waals surface area contributed by atoms with Gasteiger partial charge in [0.15, 0.2) is 0 Å². The molecule has 5 heteroatoms. The fourth-order valence-corrected chi connectivity index (χ4v) is 4.40. The third-order valence-corrected chi connectivity index (χ3v) is 5.75. The average molecular weight is 345 g/mol. The molecular formula is C21H23N5. The van der Waals surface area contributed by atoms with Crippen molar-refractivity contribution >= 4 is 16.6 Å². The van der Waals surface area contributed by atoms with E-state index in [-0.39, 0.29) is 0 Å². The van der Waals surface area contributed by atoms with Crippen LogP contribution in [-0.4, -0.2) is 41.1 Å². The molecule has 5 nitrogen and oxygen atoms in total. The van der Waals surface area contributed by atoms with Gasteiger partial charge in [-0.25, -0.2) is 9.97 Å². The lowest BCUT2D eigenvalue weighted by molar-refractivity contribution is 0.555. The van der Waals surface area contributed by atoms with Gasteiger partial charge >= 0.3 is 0 Å². The molecule has 26 heavy (non-hydrogen) atoms. The highest BCUT2D eigenvalue weighted by Crippen LogP contribution is 2.37. The van der Waals surface area contributed by atoms with Crippen molar-refractivity contribution in [3.05, 3.63) is 59.8 Å². The predicted octanol–water partition coefficient (Wildman–Crippen LogP) is 2.71. The van der Waals surface area contributed by atoms with E-state index in [1.165, 1.54) is 27.6 Å². The average Bonchev–Trinajstić information content (AvgIpc) is 2.73.